The van der Waals surface area contributed by atoms with Crippen LogP contribution in [0.4, 0.5) is 5.13 Å². The zero-order valence-corrected chi connectivity index (χ0v) is 16.2. The van der Waals surface area contributed by atoms with Crippen molar-refractivity contribution in [2.75, 3.05) is 11.4 Å². The number of amides is 3. The summed E-state index contributed by atoms with van der Waals surface area (Å²) < 4.78 is 0.847. The van der Waals surface area contributed by atoms with Crippen molar-refractivity contribution in [2.45, 2.75) is 19.4 Å². The van der Waals surface area contributed by atoms with Gasteiger partial charge in [0.2, 0.25) is 17.7 Å². The van der Waals surface area contributed by atoms with Gasteiger partial charge in [0.05, 0.1) is 16.3 Å². The zero-order valence-electron chi connectivity index (χ0n) is 14.7. The Hall–Kier alpha value is -2.84. The fraction of sp³-hybridized carbons (Fsp3) is 0.211. The van der Waals surface area contributed by atoms with Crippen LogP contribution in [-0.2, 0) is 20.9 Å². The molecule has 28 heavy (non-hydrogen) atoms. The molecule has 9 heteroatoms. The van der Waals surface area contributed by atoms with Crippen molar-refractivity contribution in [3.05, 3.63) is 53.3 Å². The minimum Gasteiger partial charge on any atom is -0.282 e. The largest absolute Gasteiger partial charge is 0.282 e. The molecule has 0 N–H and O–H groups in total. The molecule has 0 radical (unpaired) electrons. The number of pyridine rings is 1. The number of hydrogen-bond donors (Lipinski definition) is 0. The molecule has 1 aliphatic heterocycles. The highest BCUT2D eigenvalue weighted by Crippen LogP contribution is 2.33. The number of thiazole rings is 1. The third kappa shape index (κ3) is 3.61. The number of hydrogen-bond acceptors (Lipinski definition) is 6. The molecule has 0 bridgehead atoms. The van der Waals surface area contributed by atoms with Gasteiger partial charge in [0.15, 0.2) is 5.13 Å². The van der Waals surface area contributed by atoms with Crippen LogP contribution in [0, 0.1) is 0 Å². The minimum absolute atomic E-state index is 0.144. The summed E-state index contributed by atoms with van der Waals surface area (Å²) in [6, 6.07) is 9.06. The van der Waals surface area contributed by atoms with E-state index < -0.39 is 0 Å². The first kappa shape index (κ1) is 18.5. The van der Waals surface area contributed by atoms with E-state index >= 15 is 0 Å². The second-order valence-electron chi connectivity index (χ2n) is 6.30. The Morgan fingerprint density at radius 2 is 1.96 bits per heavy atom. The first-order valence-corrected chi connectivity index (χ1v) is 9.80. The average molecular weight is 415 g/mol. The van der Waals surface area contributed by atoms with E-state index in [9.17, 15) is 14.4 Å². The van der Waals surface area contributed by atoms with E-state index in [1.165, 1.54) is 16.2 Å². The lowest BCUT2D eigenvalue weighted by molar-refractivity contribution is -0.141. The van der Waals surface area contributed by atoms with Gasteiger partial charge in [-0.15, -0.1) is 0 Å². The first-order valence-electron chi connectivity index (χ1n) is 8.60. The number of nitrogens with zero attached hydrogens (tertiary/aromatic N) is 4. The molecule has 0 unspecified atom stereocenters. The zero-order chi connectivity index (χ0) is 19.7. The number of rotatable bonds is 5. The maximum absolute atomic E-state index is 13.0. The van der Waals surface area contributed by atoms with Crippen LogP contribution in [-0.4, -0.2) is 39.1 Å². The monoisotopic (exact) mass is 414 g/mol. The van der Waals surface area contributed by atoms with Gasteiger partial charge in [-0.1, -0.05) is 35.1 Å². The van der Waals surface area contributed by atoms with Crippen LogP contribution >= 0.6 is 22.9 Å². The number of likely N-dealkylation sites (tertiary alicyclic amines) is 1. The summed E-state index contributed by atoms with van der Waals surface area (Å²) in [5.74, 6) is -1.04. The van der Waals surface area contributed by atoms with E-state index in [4.69, 9.17) is 11.6 Å². The summed E-state index contributed by atoms with van der Waals surface area (Å²) in [6.07, 6.45) is 3.60. The number of anilines is 1. The maximum Gasteiger partial charge on any atom is 0.249 e. The molecule has 0 saturated carbocycles. The average Bonchev–Trinajstić information content (AvgIpc) is 3.26. The van der Waals surface area contributed by atoms with Gasteiger partial charge in [-0.3, -0.25) is 29.2 Å². The fourth-order valence-corrected chi connectivity index (χ4v) is 4.26. The Morgan fingerprint density at radius 3 is 2.64 bits per heavy atom. The molecule has 1 saturated heterocycles. The van der Waals surface area contributed by atoms with Gasteiger partial charge in [0.25, 0.3) is 0 Å². The molecule has 2 aromatic heterocycles. The lowest BCUT2D eigenvalue weighted by atomic mass is 10.2. The van der Waals surface area contributed by atoms with Crippen molar-refractivity contribution in [1.29, 1.82) is 0 Å². The number of carbonyl (C=O) groups is 3. The molecule has 1 aromatic carbocycles. The molecule has 142 valence electrons. The van der Waals surface area contributed by atoms with E-state index in [0.29, 0.717) is 15.7 Å². The number of para-hydroxylation sites is 1. The van der Waals surface area contributed by atoms with Crippen LogP contribution in [0.15, 0.2) is 42.7 Å². The number of benzene rings is 1. The van der Waals surface area contributed by atoms with E-state index in [1.807, 2.05) is 18.2 Å². The van der Waals surface area contributed by atoms with Crippen molar-refractivity contribution in [3.63, 3.8) is 0 Å². The normalized spacial score (nSPS) is 14.1. The lowest BCUT2D eigenvalue weighted by Gasteiger charge is -2.22. The van der Waals surface area contributed by atoms with Gasteiger partial charge >= 0.3 is 0 Å². The minimum atomic E-state index is -0.386. The Bertz CT molecular complexity index is 1050. The van der Waals surface area contributed by atoms with Gasteiger partial charge in [-0.25, -0.2) is 4.98 Å². The second kappa shape index (κ2) is 7.65. The summed E-state index contributed by atoms with van der Waals surface area (Å²) in [4.78, 5) is 48.0. The predicted molar refractivity (Wildman–Crippen MR) is 106 cm³/mol. The van der Waals surface area contributed by atoms with E-state index in [2.05, 4.69) is 9.97 Å². The standard InChI is InChI=1S/C19H15ClN4O3S/c20-13-4-1-5-14-18(13)22-19(28-14)24(10-12-3-2-8-21-9-12)17(27)11-23-15(25)6-7-16(23)26/h1-5,8-9H,6-7,10-11H2. The van der Waals surface area contributed by atoms with Crippen molar-refractivity contribution >= 4 is 56.0 Å². The lowest BCUT2D eigenvalue weighted by Crippen LogP contribution is -2.42. The van der Waals surface area contributed by atoms with Gasteiger partial charge in [0, 0.05) is 25.2 Å². The van der Waals surface area contributed by atoms with Crippen LogP contribution in [0.5, 0.6) is 0 Å². The highest BCUT2D eigenvalue weighted by atomic mass is 35.5. The van der Waals surface area contributed by atoms with Crippen molar-refractivity contribution < 1.29 is 14.4 Å². The van der Waals surface area contributed by atoms with E-state index in [1.54, 1.807) is 24.5 Å². The highest BCUT2D eigenvalue weighted by Gasteiger charge is 2.33. The van der Waals surface area contributed by atoms with Crippen molar-refractivity contribution in [3.8, 4) is 0 Å². The molecule has 3 amide bonds. The topological polar surface area (TPSA) is 83.5 Å². The maximum atomic E-state index is 13.0. The molecular formula is C19H15ClN4O3S. The molecule has 4 rings (SSSR count). The number of imide groups is 1. The summed E-state index contributed by atoms with van der Waals surface area (Å²) in [5, 5.41) is 0.953. The number of carbonyl (C=O) groups excluding carboxylic acids is 3. The van der Waals surface area contributed by atoms with Crippen LogP contribution in [0.1, 0.15) is 18.4 Å². The Labute approximate surface area is 169 Å². The van der Waals surface area contributed by atoms with Crippen LogP contribution < -0.4 is 4.90 Å². The summed E-state index contributed by atoms with van der Waals surface area (Å²) in [7, 11) is 0. The van der Waals surface area contributed by atoms with Gasteiger partial charge in [0.1, 0.15) is 12.1 Å². The molecule has 1 fully saturated rings. The number of aromatic nitrogens is 2. The van der Waals surface area contributed by atoms with Crippen molar-refractivity contribution in [1.82, 2.24) is 14.9 Å². The summed E-state index contributed by atoms with van der Waals surface area (Å²) >= 11 is 7.55. The van der Waals surface area contributed by atoms with E-state index in [-0.39, 0.29) is 43.7 Å². The van der Waals surface area contributed by atoms with Crippen LogP contribution in [0.2, 0.25) is 5.02 Å². The molecule has 0 aliphatic carbocycles. The van der Waals surface area contributed by atoms with E-state index in [0.717, 1.165) is 15.2 Å². The molecule has 7 nitrogen and oxygen atoms in total. The predicted octanol–water partition coefficient (Wildman–Crippen LogP) is 3.03. The molecule has 0 spiro atoms. The summed E-state index contributed by atoms with van der Waals surface area (Å²) in [5.41, 5.74) is 1.42. The molecule has 3 aromatic rings. The fourth-order valence-electron chi connectivity index (χ4n) is 2.98. The molecular weight excluding hydrogens is 400 g/mol. The number of fused-ring (bicyclic) bond motifs is 1. The molecule has 3 heterocycles. The second-order valence-corrected chi connectivity index (χ2v) is 7.71. The molecule has 1 aliphatic rings. The van der Waals surface area contributed by atoms with Crippen LogP contribution in [0.3, 0.4) is 0 Å². The quantitative estimate of drug-likeness (QED) is 0.599. The SMILES string of the molecule is O=C1CCC(=O)N1CC(=O)N(Cc1cccnc1)c1nc2c(Cl)cccc2s1. The Kier molecular flexibility index (Phi) is 5.06. The van der Waals surface area contributed by atoms with Crippen molar-refractivity contribution in [2.24, 2.45) is 0 Å². The van der Waals surface area contributed by atoms with Gasteiger partial charge < -0.3 is 0 Å². The van der Waals surface area contributed by atoms with Gasteiger partial charge in [-0.05, 0) is 23.8 Å². The summed E-state index contributed by atoms with van der Waals surface area (Å²) in [6.45, 7) is -0.0814. The molecule has 0 atom stereocenters. The third-order valence-corrected chi connectivity index (χ3v) is 5.75. The van der Waals surface area contributed by atoms with Gasteiger partial charge in [-0.2, -0.15) is 0 Å². The highest BCUT2D eigenvalue weighted by molar-refractivity contribution is 7.22. The Balaban J connectivity index is 1.68. The smallest absolute Gasteiger partial charge is 0.249 e. The Morgan fingerprint density at radius 1 is 1.18 bits per heavy atom. The number of halogens is 1. The van der Waals surface area contributed by atoms with Crippen LogP contribution in [0.25, 0.3) is 10.2 Å². The third-order valence-electron chi connectivity index (χ3n) is 4.40. The first-order chi connectivity index (χ1) is 13.5.